The summed E-state index contributed by atoms with van der Waals surface area (Å²) < 4.78 is 26.5. The second-order valence-corrected chi connectivity index (χ2v) is 6.72. The van der Waals surface area contributed by atoms with Crippen molar-refractivity contribution in [3.8, 4) is 28.7 Å². The highest BCUT2D eigenvalue weighted by Crippen LogP contribution is 2.38. The normalized spacial score (nSPS) is 15.2. The Kier molecular flexibility index (Phi) is 7.04. The maximum atomic E-state index is 12.9. The van der Waals surface area contributed by atoms with E-state index in [9.17, 15) is 9.59 Å². The highest BCUT2D eigenvalue weighted by molar-refractivity contribution is 6.11. The van der Waals surface area contributed by atoms with E-state index in [-0.39, 0.29) is 23.9 Å². The zero-order chi connectivity index (χ0) is 23.3. The third-order valence-corrected chi connectivity index (χ3v) is 4.88. The van der Waals surface area contributed by atoms with Gasteiger partial charge in [-0.2, -0.15) is 0 Å². The fourth-order valence-corrected chi connectivity index (χ4v) is 3.33. The molecule has 1 aliphatic heterocycles. The summed E-state index contributed by atoms with van der Waals surface area (Å²) in [6, 6.07) is 7.69. The lowest BCUT2D eigenvalue weighted by Gasteiger charge is -2.23. The van der Waals surface area contributed by atoms with Crippen molar-refractivity contribution in [2.75, 3.05) is 35.5 Å². The Bertz CT molecular complexity index is 1030. The maximum absolute atomic E-state index is 12.9. The molecular formula is C22H25N3O7. The smallest absolute Gasteiger partial charge is 0.258 e. The summed E-state index contributed by atoms with van der Waals surface area (Å²) in [5.41, 5.74) is 0.902. The van der Waals surface area contributed by atoms with E-state index in [4.69, 9.17) is 23.7 Å². The van der Waals surface area contributed by atoms with Gasteiger partial charge in [0.05, 0.1) is 48.0 Å². The number of rotatable bonds is 7. The van der Waals surface area contributed by atoms with Crippen molar-refractivity contribution in [2.45, 2.75) is 12.5 Å². The van der Waals surface area contributed by atoms with Crippen LogP contribution >= 0.6 is 0 Å². The molecule has 10 heteroatoms. The summed E-state index contributed by atoms with van der Waals surface area (Å²) in [5, 5.41) is 5.21. The van der Waals surface area contributed by atoms with E-state index in [1.54, 1.807) is 25.3 Å². The predicted octanol–water partition coefficient (Wildman–Crippen LogP) is 2.08. The Hall–Kier alpha value is -3.95. The lowest BCUT2D eigenvalue weighted by molar-refractivity contribution is -0.120. The maximum Gasteiger partial charge on any atom is 0.258 e. The van der Waals surface area contributed by atoms with Crippen molar-refractivity contribution < 1.29 is 33.3 Å². The number of carbonyl (C=O) groups is 2. The van der Waals surface area contributed by atoms with Gasteiger partial charge in [0.25, 0.3) is 5.91 Å². The minimum atomic E-state index is -0.566. The van der Waals surface area contributed by atoms with Gasteiger partial charge in [0.1, 0.15) is 11.5 Å². The summed E-state index contributed by atoms with van der Waals surface area (Å²) in [7, 11) is 7.46. The van der Waals surface area contributed by atoms with Gasteiger partial charge in [-0.3, -0.25) is 20.2 Å². The summed E-state index contributed by atoms with van der Waals surface area (Å²) >= 11 is 0. The zero-order valence-electron chi connectivity index (χ0n) is 18.5. The minimum Gasteiger partial charge on any atom is -0.497 e. The number of methoxy groups -OCH3 is 5. The first-order valence-corrected chi connectivity index (χ1v) is 9.65. The quantitative estimate of drug-likeness (QED) is 0.673. The van der Waals surface area contributed by atoms with Crippen LogP contribution in [-0.2, 0) is 4.79 Å². The van der Waals surface area contributed by atoms with Crippen LogP contribution in [0.4, 0.5) is 0 Å². The van der Waals surface area contributed by atoms with Crippen molar-refractivity contribution in [2.24, 2.45) is 4.99 Å². The molecule has 0 radical (unpaired) electrons. The van der Waals surface area contributed by atoms with Crippen LogP contribution in [0.1, 0.15) is 28.4 Å². The zero-order valence-corrected chi connectivity index (χ0v) is 18.5. The van der Waals surface area contributed by atoms with E-state index in [0.717, 1.165) is 0 Å². The fourth-order valence-electron chi connectivity index (χ4n) is 3.33. The molecule has 0 aliphatic carbocycles. The molecule has 2 amide bonds. The van der Waals surface area contributed by atoms with Gasteiger partial charge in [-0.25, -0.2) is 4.99 Å². The van der Waals surface area contributed by atoms with Crippen LogP contribution in [0.25, 0.3) is 0 Å². The Labute approximate surface area is 185 Å². The summed E-state index contributed by atoms with van der Waals surface area (Å²) in [4.78, 5) is 29.7. The minimum absolute atomic E-state index is 0.0230. The van der Waals surface area contributed by atoms with Crippen molar-refractivity contribution in [3.05, 3.63) is 41.5 Å². The third-order valence-electron chi connectivity index (χ3n) is 4.88. The molecule has 1 atom stereocenters. The molecule has 170 valence electrons. The first kappa shape index (κ1) is 22.7. The molecule has 0 fully saturated rings. The van der Waals surface area contributed by atoms with Crippen LogP contribution in [0.15, 0.2) is 35.3 Å². The molecule has 2 aromatic rings. The van der Waals surface area contributed by atoms with Gasteiger partial charge in [0, 0.05) is 11.1 Å². The molecule has 0 saturated heterocycles. The van der Waals surface area contributed by atoms with Crippen LogP contribution in [0.3, 0.4) is 0 Å². The molecule has 0 spiro atoms. The van der Waals surface area contributed by atoms with Crippen LogP contribution < -0.4 is 34.3 Å². The number of nitrogens with zero attached hydrogens (tertiary/aromatic N) is 1. The van der Waals surface area contributed by atoms with Gasteiger partial charge in [-0.05, 0) is 30.3 Å². The Morgan fingerprint density at radius 1 is 0.938 bits per heavy atom. The number of benzene rings is 2. The molecular weight excluding hydrogens is 418 g/mol. The van der Waals surface area contributed by atoms with E-state index in [1.165, 1.54) is 40.6 Å². The summed E-state index contributed by atoms with van der Waals surface area (Å²) in [6.45, 7) is 0. The summed E-state index contributed by atoms with van der Waals surface area (Å²) in [5.74, 6) is 1.39. The predicted molar refractivity (Wildman–Crippen MR) is 116 cm³/mol. The van der Waals surface area contributed by atoms with Gasteiger partial charge in [0.15, 0.2) is 11.5 Å². The molecule has 2 aromatic carbocycles. The highest BCUT2D eigenvalue weighted by atomic mass is 16.5. The van der Waals surface area contributed by atoms with Crippen molar-refractivity contribution in [1.29, 1.82) is 0 Å². The molecule has 0 unspecified atom stereocenters. The molecule has 3 rings (SSSR count). The molecule has 1 aliphatic rings. The van der Waals surface area contributed by atoms with Crippen molar-refractivity contribution in [1.82, 2.24) is 10.6 Å². The second-order valence-electron chi connectivity index (χ2n) is 6.72. The number of hydrogen-bond donors (Lipinski definition) is 2. The van der Waals surface area contributed by atoms with Gasteiger partial charge in [-0.1, -0.05) is 0 Å². The topological polar surface area (TPSA) is 117 Å². The first-order valence-electron chi connectivity index (χ1n) is 9.65. The third kappa shape index (κ3) is 4.69. The number of ether oxygens (including phenoxy) is 5. The number of amides is 2. The largest absolute Gasteiger partial charge is 0.497 e. The molecule has 10 nitrogen and oxygen atoms in total. The van der Waals surface area contributed by atoms with Gasteiger partial charge in [0.2, 0.25) is 17.6 Å². The number of nitrogens with one attached hydrogen (secondary N) is 2. The highest BCUT2D eigenvalue weighted by Gasteiger charge is 2.27. The Morgan fingerprint density at radius 3 is 2.16 bits per heavy atom. The van der Waals surface area contributed by atoms with Gasteiger partial charge < -0.3 is 23.7 Å². The van der Waals surface area contributed by atoms with E-state index in [2.05, 4.69) is 15.6 Å². The molecule has 2 N–H and O–H groups in total. The molecule has 0 aromatic heterocycles. The molecule has 1 heterocycles. The SMILES string of the molecule is COc1ccc(OC)c([C@@H]2CC(=O)NC(NC(=O)c3cc(OC)c(OC)c(OC)c3)=N2)c1. The first-order chi connectivity index (χ1) is 15.4. The van der Waals surface area contributed by atoms with E-state index in [1.807, 2.05) is 0 Å². The lowest BCUT2D eigenvalue weighted by atomic mass is 10.0. The number of hydrogen-bond acceptors (Lipinski definition) is 8. The van der Waals surface area contributed by atoms with Crippen LogP contribution in [0.2, 0.25) is 0 Å². The van der Waals surface area contributed by atoms with Crippen LogP contribution in [-0.4, -0.2) is 53.3 Å². The Morgan fingerprint density at radius 2 is 1.59 bits per heavy atom. The average molecular weight is 443 g/mol. The van der Waals surface area contributed by atoms with Crippen LogP contribution in [0, 0.1) is 0 Å². The molecule has 0 bridgehead atoms. The van der Waals surface area contributed by atoms with Gasteiger partial charge >= 0.3 is 0 Å². The van der Waals surface area contributed by atoms with Crippen molar-refractivity contribution >= 4 is 17.8 Å². The molecule has 0 saturated carbocycles. The van der Waals surface area contributed by atoms with E-state index < -0.39 is 11.9 Å². The van der Waals surface area contributed by atoms with E-state index >= 15 is 0 Å². The number of aliphatic imine (C=N–C) groups is 1. The lowest BCUT2D eigenvalue weighted by Crippen LogP contribution is -2.47. The number of carbonyl (C=O) groups excluding carboxylic acids is 2. The van der Waals surface area contributed by atoms with Gasteiger partial charge in [-0.15, -0.1) is 0 Å². The average Bonchev–Trinajstić information content (AvgIpc) is 2.81. The van der Waals surface area contributed by atoms with Crippen molar-refractivity contribution in [3.63, 3.8) is 0 Å². The Balaban J connectivity index is 1.91. The van der Waals surface area contributed by atoms with Crippen LogP contribution in [0.5, 0.6) is 28.7 Å². The summed E-state index contributed by atoms with van der Waals surface area (Å²) in [6.07, 6.45) is 0.0904. The van der Waals surface area contributed by atoms with E-state index in [0.29, 0.717) is 34.3 Å². The molecule has 32 heavy (non-hydrogen) atoms. The standard InChI is InChI=1S/C22H25N3O7/c1-28-13-6-7-16(29-2)14(10-13)15-11-19(26)24-22(23-15)25-21(27)12-8-17(30-3)20(32-5)18(9-12)31-4/h6-10,15H,11H2,1-5H3,(H2,23,24,25,26,27)/t15-/m0/s1. The fraction of sp³-hybridized carbons (Fsp3) is 0.318. The number of guanidine groups is 1. The monoisotopic (exact) mass is 443 g/mol. The second kappa shape index (κ2) is 9.90.